The largest absolute Gasteiger partial charge is 0.394 e. The Morgan fingerprint density at radius 1 is 0.784 bits per heavy atom. The Labute approximate surface area is 210 Å². The van der Waals surface area contributed by atoms with E-state index < -0.39 is 118 Å². The maximum Gasteiger partial charge on any atom is 0.224 e. The smallest absolute Gasteiger partial charge is 0.224 e. The van der Waals surface area contributed by atoms with Crippen molar-refractivity contribution in [1.82, 2.24) is 5.32 Å². The van der Waals surface area contributed by atoms with Gasteiger partial charge in [-0.25, -0.2) is 0 Å². The highest BCUT2D eigenvalue weighted by Crippen LogP contribution is 2.36. The molecule has 216 valence electrons. The number of hydrogen-bond donors (Lipinski definition) is 11. The van der Waals surface area contributed by atoms with E-state index in [2.05, 4.69) is 5.32 Å². The van der Waals surface area contributed by atoms with E-state index in [1.54, 1.807) is 0 Å². The van der Waals surface area contributed by atoms with Gasteiger partial charge in [0.25, 0.3) is 0 Å². The summed E-state index contributed by atoms with van der Waals surface area (Å²) < 4.78 is 27.1. The van der Waals surface area contributed by atoms with Crippen LogP contribution < -0.4 is 5.32 Å². The van der Waals surface area contributed by atoms with E-state index in [9.17, 15) is 55.9 Å². The number of aliphatic hydroxyl groups is 10. The van der Waals surface area contributed by atoms with Crippen LogP contribution >= 0.6 is 0 Å². The molecule has 3 aliphatic rings. The summed E-state index contributed by atoms with van der Waals surface area (Å²) >= 11 is 0. The van der Waals surface area contributed by atoms with Crippen molar-refractivity contribution < 1.29 is 79.5 Å². The molecule has 14 atom stereocenters. The molecule has 3 aliphatic heterocycles. The van der Waals surface area contributed by atoms with Crippen molar-refractivity contribution in [2.75, 3.05) is 26.4 Å². The molecule has 0 spiro atoms. The third-order valence-corrected chi connectivity index (χ3v) is 6.57. The summed E-state index contributed by atoms with van der Waals surface area (Å²) in [5.74, 6) is -3.04. The standard InChI is InChI=1S/C20H35NO16/c1-6(25)21-10-14(29)12(27)9(4-33-19-16(31)15(30)11(26)7(2-22)34-19)35-18(10)37-20(5-24)17(32)13(28)8(3-23)36-20/h7-19,22-24,26-32H,2-5H2,1H3,(H,21,25)/t7-,8-,9-,10-,11+,12-,13-,14-,15+,16-,17+,18-,19+,20+/m1/s1. The van der Waals surface area contributed by atoms with Gasteiger partial charge >= 0.3 is 0 Å². The number of carbonyl (C=O) groups excluding carboxylic acids is 1. The first kappa shape index (κ1) is 30.4. The van der Waals surface area contributed by atoms with Crippen molar-refractivity contribution in [3.8, 4) is 0 Å². The first-order valence-electron chi connectivity index (χ1n) is 11.5. The molecule has 0 bridgehead atoms. The van der Waals surface area contributed by atoms with Gasteiger partial charge in [0, 0.05) is 6.92 Å². The first-order valence-corrected chi connectivity index (χ1v) is 11.5. The molecule has 3 fully saturated rings. The van der Waals surface area contributed by atoms with Crippen LogP contribution in [-0.4, -0.2) is 169 Å². The number of nitrogens with one attached hydrogen (secondary N) is 1. The van der Waals surface area contributed by atoms with Gasteiger partial charge in [-0.1, -0.05) is 0 Å². The monoisotopic (exact) mass is 545 g/mol. The number of aliphatic hydroxyl groups excluding tert-OH is 10. The molecular formula is C20H35NO16. The van der Waals surface area contributed by atoms with Crippen molar-refractivity contribution >= 4 is 5.91 Å². The first-order chi connectivity index (χ1) is 17.4. The lowest BCUT2D eigenvalue weighted by Crippen LogP contribution is -2.67. The van der Waals surface area contributed by atoms with Crippen LogP contribution in [0.1, 0.15) is 6.92 Å². The van der Waals surface area contributed by atoms with E-state index in [0.29, 0.717) is 0 Å². The molecule has 17 heteroatoms. The van der Waals surface area contributed by atoms with Gasteiger partial charge in [-0.05, 0) is 0 Å². The van der Waals surface area contributed by atoms with Crippen LogP contribution in [0.25, 0.3) is 0 Å². The van der Waals surface area contributed by atoms with E-state index in [0.717, 1.165) is 6.92 Å². The highest BCUT2D eigenvalue weighted by Gasteiger charge is 2.58. The molecule has 3 rings (SSSR count). The van der Waals surface area contributed by atoms with Crippen molar-refractivity contribution in [2.45, 2.75) is 92.4 Å². The lowest BCUT2D eigenvalue weighted by molar-refractivity contribution is -0.373. The lowest BCUT2D eigenvalue weighted by atomic mass is 9.96. The second kappa shape index (κ2) is 12.4. The summed E-state index contributed by atoms with van der Waals surface area (Å²) in [6.07, 6.45) is -19.7. The predicted octanol–water partition coefficient (Wildman–Crippen LogP) is -7.43. The Morgan fingerprint density at radius 3 is 1.92 bits per heavy atom. The van der Waals surface area contributed by atoms with Crippen LogP contribution in [0.2, 0.25) is 0 Å². The molecule has 11 N–H and O–H groups in total. The SMILES string of the molecule is CC(=O)N[C@H]1[C@@H](O[C@]2(CO)O[C@H](CO)[C@@H](O)[C@@H]2O)O[C@H](CO[C@H]2O[C@H](CO)[C@H](O)[C@H](O)[C@H]2O)[C@@H](O)[C@@H]1O. The number of hydrogen-bond acceptors (Lipinski definition) is 16. The van der Waals surface area contributed by atoms with Gasteiger partial charge in [0.1, 0.15) is 73.7 Å². The predicted molar refractivity (Wildman–Crippen MR) is 113 cm³/mol. The van der Waals surface area contributed by atoms with Crippen LogP contribution in [0.5, 0.6) is 0 Å². The maximum absolute atomic E-state index is 11.7. The van der Waals surface area contributed by atoms with E-state index in [1.807, 2.05) is 0 Å². The highest BCUT2D eigenvalue weighted by atomic mass is 16.8. The Bertz CT molecular complexity index is 760. The molecule has 1 amide bonds. The summed E-state index contributed by atoms with van der Waals surface area (Å²) in [4.78, 5) is 11.7. The molecule has 0 aliphatic carbocycles. The number of rotatable bonds is 9. The second-order valence-corrected chi connectivity index (χ2v) is 9.14. The number of amides is 1. The van der Waals surface area contributed by atoms with Gasteiger partial charge in [-0.15, -0.1) is 0 Å². The molecule has 0 aromatic rings. The number of ether oxygens (including phenoxy) is 5. The fourth-order valence-corrected chi connectivity index (χ4v) is 4.42. The minimum absolute atomic E-state index is 0.634. The summed E-state index contributed by atoms with van der Waals surface area (Å²) in [7, 11) is 0. The third kappa shape index (κ3) is 6.06. The molecule has 0 saturated carbocycles. The average molecular weight is 545 g/mol. The Morgan fingerprint density at radius 2 is 1.38 bits per heavy atom. The van der Waals surface area contributed by atoms with E-state index in [4.69, 9.17) is 23.7 Å². The minimum Gasteiger partial charge on any atom is -0.394 e. The zero-order chi connectivity index (χ0) is 27.7. The van der Waals surface area contributed by atoms with E-state index in [-0.39, 0.29) is 0 Å². The van der Waals surface area contributed by atoms with E-state index >= 15 is 0 Å². The summed E-state index contributed by atoms with van der Waals surface area (Å²) in [6.45, 7) is -2.06. The molecule has 0 radical (unpaired) electrons. The van der Waals surface area contributed by atoms with Gasteiger partial charge in [0.15, 0.2) is 12.6 Å². The second-order valence-electron chi connectivity index (χ2n) is 9.14. The molecule has 17 nitrogen and oxygen atoms in total. The van der Waals surface area contributed by atoms with Crippen LogP contribution in [0, 0.1) is 0 Å². The zero-order valence-electron chi connectivity index (χ0n) is 19.8. The highest BCUT2D eigenvalue weighted by molar-refractivity contribution is 5.73. The Kier molecular flexibility index (Phi) is 10.2. The summed E-state index contributed by atoms with van der Waals surface area (Å²) in [6, 6.07) is -1.49. The van der Waals surface area contributed by atoms with Gasteiger partial charge in [-0.3, -0.25) is 4.79 Å². The van der Waals surface area contributed by atoms with Gasteiger partial charge < -0.3 is 80.1 Å². The molecule has 0 aromatic carbocycles. The van der Waals surface area contributed by atoms with Crippen LogP contribution in [0.3, 0.4) is 0 Å². The maximum atomic E-state index is 11.7. The van der Waals surface area contributed by atoms with Crippen LogP contribution in [-0.2, 0) is 28.5 Å². The van der Waals surface area contributed by atoms with Crippen molar-refractivity contribution in [3.05, 3.63) is 0 Å². The molecular weight excluding hydrogens is 510 g/mol. The van der Waals surface area contributed by atoms with Crippen molar-refractivity contribution in [2.24, 2.45) is 0 Å². The molecule has 0 unspecified atom stereocenters. The van der Waals surface area contributed by atoms with Crippen molar-refractivity contribution in [3.63, 3.8) is 0 Å². The quantitative estimate of drug-likeness (QED) is 0.128. The molecule has 0 aromatic heterocycles. The fourth-order valence-electron chi connectivity index (χ4n) is 4.42. The third-order valence-electron chi connectivity index (χ3n) is 6.57. The average Bonchev–Trinajstić information content (AvgIpc) is 3.11. The van der Waals surface area contributed by atoms with Gasteiger partial charge in [0.05, 0.1) is 19.8 Å². The Hall–Kier alpha value is -1.13. The molecule has 37 heavy (non-hydrogen) atoms. The zero-order valence-corrected chi connectivity index (χ0v) is 19.8. The summed E-state index contributed by atoms with van der Waals surface area (Å²) in [5.41, 5.74) is 0. The Balaban J connectivity index is 1.78. The molecule has 3 heterocycles. The summed E-state index contributed by atoms with van der Waals surface area (Å²) in [5, 5.41) is 103. The van der Waals surface area contributed by atoms with Crippen LogP contribution in [0.15, 0.2) is 0 Å². The van der Waals surface area contributed by atoms with E-state index in [1.165, 1.54) is 0 Å². The molecule has 3 saturated heterocycles. The van der Waals surface area contributed by atoms with Gasteiger partial charge in [-0.2, -0.15) is 0 Å². The van der Waals surface area contributed by atoms with Gasteiger partial charge in [0.2, 0.25) is 11.7 Å². The fraction of sp³-hybridized carbons (Fsp3) is 0.950. The number of carbonyl (C=O) groups is 1. The minimum atomic E-state index is -2.36. The normalized spacial score (nSPS) is 48.7. The van der Waals surface area contributed by atoms with Crippen molar-refractivity contribution in [1.29, 1.82) is 0 Å². The lowest BCUT2D eigenvalue weighted by Gasteiger charge is -2.46. The topological polar surface area (TPSA) is 278 Å². The van der Waals surface area contributed by atoms with Crippen LogP contribution in [0.4, 0.5) is 0 Å².